The Balaban J connectivity index is 1.30. The zero-order valence-electron chi connectivity index (χ0n) is 25.4. The van der Waals surface area contributed by atoms with E-state index in [0.717, 1.165) is 16.7 Å². The van der Waals surface area contributed by atoms with E-state index in [9.17, 15) is 9.18 Å². The first-order chi connectivity index (χ1) is 20.4. The molecule has 5 rings (SSSR count). The Morgan fingerprint density at radius 3 is 2.21 bits per heavy atom. The Kier molecular flexibility index (Phi) is 8.67. The lowest BCUT2D eigenvalue weighted by Crippen LogP contribution is -2.61. The minimum absolute atomic E-state index is 0.0567. The van der Waals surface area contributed by atoms with E-state index in [1.54, 1.807) is 56.0 Å². The summed E-state index contributed by atoms with van der Waals surface area (Å²) in [4.78, 5) is 17.9. The number of methoxy groups -OCH3 is 2. The molecule has 0 radical (unpaired) electrons. The number of alkyl halides is 2. The number of hydrogen-bond donors (Lipinski definition) is 1. The molecule has 232 valence electrons. The molecule has 0 unspecified atom stereocenters. The summed E-state index contributed by atoms with van der Waals surface area (Å²) in [5.41, 5.74) is 10.3. The van der Waals surface area contributed by atoms with Crippen LogP contribution >= 0.6 is 0 Å². The van der Waals surface area contributed by atoms with Crippen LogP contribution in [-0.2, 0) is 13.6 Å². The van der Waals surface area contributed by atoms with E-state index in [1.807, 2.05) is 28.9 Å². The number of rotatable bonds is 7. The van der Waals surface area contributed by atoms with E-state index in [-0.39, 0.29) is 12.1 Å². The van der Waals surface area contributed by atoms with Gasteiger partial charge < -0.3 is 24.7 Å². The molecular weight excluding hydrogens is 559 g/mol. The SMILES string of the molecule is COc1cc(-c2cn(C)c(=O)c(C)c2C)cc(OC)c1CN1CC[C@@H](N2CCN(c3ccc(N)cc3F)CC2)C(F)(F)C1. The van der Waals surface area contributed by atoms with Crippen molar-refractivity contribution in [3.63, 3.8) is 0 Å². The van der Waals surface area contributed by atoms with Crippen LogP contribution in [0.5, 0.6) is 11.5 Å². The van der Waals surface area contributed by atoms with Gasteiger partial charge in [-0.1, -0.05) is 0 Å². The van der Waals surface area contributed by atoms with Crippen molar-refractivity contribution in [2.45, 2.75) is 38.8 Å². The molecule has 0 spiro atoms. The number of nitrogens with zero attached hydrogens (tertiary/aromatic N) is 4. The quantitative estimate of drug-likeness (QED) is 0.403. The van der Waals surface area contributed by atoms with Crippen LogP contribution < -0.4 is 25.7 Å². The number of benzene rings is 2. The van der Waals surface area contributed by atoms with Gasteiger partial charge in [0.15, 0.2) is 0 Å². The Morgan fingerprint density at radius 2 is 1.63 bits per heavy atom. The Labute approximate surface area is 250 Å². The van der Waals surface area contributed by atoms with Gasteiger partial charge in [0.25, 0.3) is 11.5 Å². The highest BCUT2D eigenvalue weighted by Crippen LogP contribution is 2.39. The molecule has 11 heteroatoms. The van der Waals surface area contributed by atoms with Crippen molar-refractivity contribution in [1.29, 1.82) is 0 Å². The largest absolute Gasteiger partial charge is 0.496 e. The third kappa shape index (κ3) is 6.05. The van der Waals surface area contributed by atoms with Crippen molar-refractivity contribution >= 4 is 11.4 Å². The molecule has 3 aromatic rings. The molecule has 0 bridgehead atoms. The van der Waals surface area contributed by atoms with Crippen LogP contribution in [0.1, 0.15) is 23.1 Å². The number of aryl methyl sites for hydroxylation is 1. The van der Waals surface area contributed by atoms with Gasteiger partial charge in [0.1, 0.15) is 17.3 Å². The van der Waals surface area contributed by atoms with Crippen LogP contribution in [0.4, 0.5) is 24.5 Å². The average Bonchev–Trinajstić information content (AvgIpc) is 2.98. The fraction of sp³-hybridized carbons (Fsp3) is 0.469. The Morgan fingerprint density at radius 1 is 0.977 bits per heavy atom. The number of piperidine rings is 1. The standard InChI is InChI=1S/C32H40F3N5O3/c1-20-21(2)31(41)37(3)17-24(20)22-14-28(42-4)25(29(15-22)43-5)18-38-9-8-30(32(34,35)19-38)40-12-10-39(11-13-40)27-7-6-23(36)16-26(27)33/h6-7,14-17,30H,8-13,18-19,36H2,1-5H3/t30-/m1/s1. The van der Waals surface area contributed by atoms with Crippen molar-refractivity contribution in [3.8, 4) is 22.6 Å². The second-order valence-corrected chi connectivity index (χ2v) is 11.6. The number of ether oxygens (including phenoxy) is 2. The van der Waals surface area contributed by atoms with E-state index in [0.29, 0.717) is 73.1 Å². The van der Waals surface area contributed by atoms with Gasteiger partial charge in [-0.2, -0.15) is 0 Å². The van der Waals surface area contributed by atoms with Crippen LogP contribution in [0.15, 0.2) is 41.3 Å². The molecule has 2 fully saturated rings. The molecule has 3 heterocycles. The molecule has 2 aromatic carbocycles. The molecule has 8 nitrogen and oxygen atoms in total. The highest BCUT2D eigenvalue weighted by Gasteiger charge is 2.48. The number of anilines is 2. The third-order valence-electron chi connectivity index (χ3n) is 8.94. The van der Waals surface area contributed by atoms with E-state index < -0.39 is 24.3 Å². The maximum absolute atomic E-state index is 15.7. The highest BCUT2D eigenvalue weighted by atomic mass is 19.3. The molecule has 2 N–H and O–H groups in total. The maximum Gasteiger partial charge on any atom is 0.275 e. The molecule has 0 saturated carbocycles. The topological polar surface area (TPSA) is 76.2 Å². The number of nitrogens with two attached hydrogens (primary N) is 1. The van der Waals surface area contributed by atoms with Crippen molar-refractivity contribution in [2.24, 2.45) is 7.05 Å². The number of likely N-dealkylation sites (tertiary alicyclic amines) is 1. The lowest BCUT2D eigenvalue weighted by molar-refractivity contribution is -0.129. The van der Waals surface area contributed by atoms with Crippen LogP contribution in [0.25, 0.3) is 11.1 Å². The summed E-state index contributed by atoms with van der Waals surface area (Å²) in [7, 11) is 4.82. The molecule has 2 aliphatic rings. The molecule has 43 heavy (non-hydrogen) atoms. The molecule has 1 aromatic heterocycles. The molecule has 2 aliphatic heterocycles. The first-order valence-electron chi connectivity index (χ1n) is 14.5. The fourth-order valence-electron chi connectivity index (χ4n) is 6.42. The molecule has 2 saturated heterocycles. The maximum atomic E-state index is 15.7. The van der Waals surface area contributed by atoms with E-state index in [2.05, 4.69) is 0 Å². The summed E-state index contributed by atoms with van der Waals surface area (Å²) >= 11 is 0. The van der Waals surface area contributed by atoms with Gasteiger partial charge in [-0.25, -0.2) is 13.2 Å². The van der Waals surface area contributed by atoms with Gasteiger partial charge in [0, 0.05) is 69.3 Å². The molecule has 1 atom stereocenters. The second-order valence-electron chi connectivity index (χ2n) is 11.6. The number of aromatic nitrogens is 1. The van der Waals surface area contributed by atoms with Crippen molar-refractivity contribution in [2.75, 3.05) is 64.1 Å². The zero-order chi connectivity index (χ0) is 31.1. The van der Waals surface area contributed by atoms with Gasteiger partial charge in [-0.15, -0.1) is 0 Å². The molecule has 0 amide bonds. The van der Waals surface area contributed by atoms with Crippen molar-refractivity contribution < 1.29 is 22.6 Å². The normalized spacial score (nSPS) is 19.4. The van der Waals surface area contributed by atoms with E-state index >= 15 is 8.78 Å². The van der Waals surface area contributed by atoms with Crippen LogP contribution in [0.2, 0.25) is 0 Å². The zero-order valence-corrected chi connectivity index (χ0v) is 25.4. The summed E-state index contributed by atoms with van der Waals surface area (Å²) in [5.74, 6) is -2.25. The first-order valence-corrected chi connectivity index (χ1v) is 14.5. The van der Waals surface area contributed by atoms with Gasteiger partial charge in [0.05, 0.1) is 38.1 Å². The summed E-state index contributed by atoms with van der Waals surface area (Å²) in [6.07, 6.45) is 2.10. The van der Waals surface area contributed by atoms with E-state index in [1.165, 1.54) is 6.07 Å². The summed E-state index contributed by atoms with van der Waals surface area (Å²) in [6, 6.07) is 7.45. The van der Waals surface area contributed by atoms with Gasteiger partial charge in [-0.3, -0.25) is 14.6 Å². The fourth-order valence-corrected chi connectivity index (χ4v) is 6.42. The summed E-state index contributed by atoms with van der Waals surface area (Å²) in [6.45, 7) is 5.82. The van der Waals surface area contributed by atoms with Gasteiger partial charge >= 0.3 is 0 Å². The predicted molar refractivity (Wildman–Crippen MR) is 163 cm³/mol. The Bertz CT molecular complexity index is 1530. The van der Waals surface area contributed by atoms with Gasteiger partial charge in [-0.05, 0) is 61.7 Å². The molecule has 0 aliphatic carbocycles. The summed E-state index contributed by atoms with van der Waals surface area (Å²) < 4.78 is 58.8. The smallest absolute Gasteiger partial charge is 0.275 e. The van der Waals surface area contributed by atoms with Crippen LogP contribution in [0, 0.1) is 19.7 Å². The molecular formula is C32H40F3N5O3. The lowest BCUT2D eigenvalue weighted by Gasteiger charge is -2.46. The third-order valence-corrected chi connectivity index (χ3v) is 8.94. The monoisotopic (exact) mass is 599 g/mol. The lowest BCUT2D eigenvalue weighted by atomic mass is 9.95. The minimum Gasteiger partial charge on any atom is -0.496 e. The number of hydrogen-bond acceptors (Lipinski definition) is 7. The number of nitrogen functional groups attached to an aromatic ring is 1. The Hall–Kier alpha value is -3.70. The number of pyridine rings is 1. The summed E-state index contributed by atoms with van der Waals surface area (Å²) in [5, 5.41) is 0. The highest BCUT2D eigenvalue weighted by molar-refractivity contribution is 5.72. The van der Waals surface area contributed by atoms with Crippen LogP contribution in [-0.4, -0.2) is 79.8 Å². The predicted octanol–water partition coefficient (Wildman–Crippen LogP) is 4.44. The minimum atomic E-state index is -2.93. The first kappa shape index (κ1) is 30.7. The van der Waals surface area contributed by atoms with E-state index in [4.69, 9.17) is 15.2 Å². The number of halogens is 3. The van der Waals surface area contributed by atoms with Crippen LogP contribution in [0.3, 0.4) is 0 Å². The van der Waals surface area contributed by atoms with Gasteiger partial charge in [0.2, 0.25) is 0 Å². The van der Waals surface area contributed by atoms with Crippen molar-refractivity contribution in [3.05, 3.63) is 69.4 Å². The number of piperazine rings is 1. The van der Waals surface area contributed by atoms with Crippen molar-refractivity contribution in [1.82, 2.24) is 14.4 Å². The average molecular weight is 600 g/mol. The second kappa shape index (κ2) is 12.1.